The van der Waals surface area contributed by atoms with Crippen molar-refractivity contribution in [2.75, 3.05) is 32.1 Å². The molecule has 0 aliphatic heterocycles. The molecule has 0 bridgehead atoms. The maximum Gasteiger partial charge on any atom is 0.279 e. The first-order valence-corrected chi connectivity index (χ1v) is 7.90. The van der Waals surface area contributed by atoms with Crippen molar-refractivity contribution in [1.29, 1.82) is 0 Å². The number of amides is 1. The standard InChI is InChI=1S/C16H17Cl2N3O2/c1-21(9-10-23-13-6-4-12(17)5-7-13)11-15(22)20-14-3-2-8-19-16(14)18/h2-8H,9-11H2,1H3,(H,20,22)/p+1. The molecule has 0 saturated heterocycles. The number of quaternary nitrogens is 1. The topological polar surface area (TPSA) is 55.7 Å². The minimum Gasteiger partial charge on any atom is -0.488 e. The second-order valence-corrected chi connectivity index (χ2v) is 5.87. The van der Waals surface area contributed by atoms with Gasteiger partial charge in [0.25, 0.3) is 5.91 Å². The number of benzene rings is 1. The van der Waals surface area contributed by atoms with E-state index >= 15 is 0 Å². The number of carbonyl (C=O) groups excluding carboxylic acids is 1. The van der Waals surface area contributed by atoms with E-state index in [1.165, 1.54) is 0 Å². The van der Waals surface area contributed by atoms with E-state index in [2.05, 4.69) is 10.3 Å². The average Bonchev–Trinajstić information content (AvgIpc) is 2.51. The van der Waals surface area contributed by atoms with Gasteiger partial charge in [-0.1, -0.05) is 23.2 Å². The molecule has 0 aliphatic rings. The molecule has 0 spiro atoms. The summed E-state index contributed by atoms with van der Waals surface area (Å²) >= 11 is 11.7. The van der Waals surface area contributed by atoms with Crippen LogP contribution in [0.15, 0.2) is 42.6 Å². The van der Waals surface area contributed by atoms with E-state index < -0.39 is 0 Å². The Kier molecular flexibility index (Phi) is 6.65. The number of carbonyl (C=O) groups is 1. The number of hydrogen-bond acceptors (Lipinski definition) is 3. The number of anilines is 1. The maximum atomic E-state index is 12.0. The van der Waals surface area contributed by atoms with E-state index in [0.29, 0.717) is 30.4 Å². The fourth-order valence-corrected chi connectivity index (χ4v) is 2.20. The number of rotatable bonds is 7. The molecule has 2 rings (SSSR count). The number of pyridine rings is 1. The first kappa shape index (κ1) is 17.5. The lowest BCUT2D eigenvalue weighted by Crippen LogP contribution is -3.10. The minimum atomic E-state index is -0.121. The summed E-state index contributed by atoms with van der Waals surface area (Å²) in [6.45, 7) is 1.51. The van der Waals surface area contributed by atoms with Crippen molar-refractivity contribution in [3.8, 4) is 5.75 Å². The maximum absolute atomic E-state index is 12.0. The highest BCUT2D eigenvalue weighted by Gasteiger charge is 2.12. The normalized spacial score (nSPS) is 11.8. The van der Waals surface area contributed by atoms with E-state index in [1.807, 2.05) is 19.2 Å². The van der Waals surface area contributed by atoms with Crippen LogP contribution in [0.2, 0.25) is 10.2 Å². The smallest absolute Gasteiger partial charge is 0.279 e. The zero-order valence-electron chi connectivity index (χ0n) is 12.7. The van der Waals surface area contributed by atoms with E-state index in [0.717, 1.165) is 10.6 Å². The van der Waals surface area contributed by atoms with Crippen molar-refractivity contribution >= 4 is 34.8 Å². The van der Waals surface area contributed by atoms with Gasteiger partial charge in [0.1, 0.15) is 18.9 Å². The molecule has 0 aliphatic carbocycles. The zero-order chi connectivity index (χ0) is 16.7. The van der Waals surface area contributed by atoms with E-state index in [9.17, 15) is 4.79 Å². The Hall–Kier alpha value is -1.82. The molecule has 7 heteroatoms. The van der Waals surface area contributed by atoms with Gasteiger partial charge in [-0.15, -0.1) is 0 Å². The van der Waals surface area contributed by atoms with Gasteiger partial charge in [-0.05, 0) is 36.4 Å². The molecule has 0 fully saturated rings. The van der Waals surface area contributed by atoms with Crippen molar-refractivity contribution in [3.05, 3.63) is 52.8 Å². The van der Waals surface area contributed by atoms with Gasteiger partial charge >= 0.3 is 0 Å². The Morgan fingerprint density at radius 3 is 2.70 bits per heavy atom. The fraction of sp³-hybridized carbons (Fsp3) is 0.250. The summed E-state index contributed by atoms with van der Waals surface area (Å²) in [5, 5.41) is 3.70. The molecule has 1 unspecified atom stereocenters. The molecule has 23 heavy (non-hydrogen) atoms. The molecule has 1 aromatic carbocycles. The van der Waals surface area contributed by atoms with Crippen molar-refractivity contribution in [1.82, 2.24) is 4.98 Å². The lowest BCUT2D eigenvalue weighted by atomic mass is 10.3. The van der Waals surface area contributed by atoms with Gasteiger partial charge in [0.2, 0.25) is 0 Å². The Balaban J connectivity index is 1.71. The third-order valence-electron chi connectivity index (χ3n) is 3.11. The monoisotopic (exact) mass is 354 g/mol. The molecule has 122 valence electrons. The van der Waals surface area contributed by atoms with Crippen LogP contribution in [0.4, 0.5) is 5.69 Å². The number of aromatic nitrogens is 1. The lowest BCUT2D eigenvalue weighted by molar-refractivity contribution is -0.871. The molecule has 2 aromatic rings. The lowest BCUT2D eigenvalue weighted by Gasteiger charge is -2.14. The molecule has 0 radical (unpaired) electrons. The van der Waals surface area contributed by atoms with Gasteiger partial charge in [-0.25, -0.2) is 4.98 Å². The van der Waals surface area contributed by atoms with Crippen LogP contribution in [0.5, 0.6) is 5.75 Å². The second-order valence-electron chi connectivity index (χ2n) is 5.08. The van der Waals surface area contributed by atoms with Crippen LogP contribution in [0, 0.1) is 0 Å². The van der Waals surface area contributed by atoms with Crippen LogP contribution >= 0.6 is 23.2 Å². The molecular formula is C16H18Cl2N3O2+. The highest BCUT2D eigenvalue weighted by Crippen LogP contribution is 2.17. The van der Waals surface area contributed by atoms with Gasteiger partial charge in [0, 0.05) is 11.2 Å². The Labute approximate surface area is 145 Å². The van der Waals surface area contributed by atoms with Crippen molar-refractivity contribution < 1.29 is 14.4 Å². The van der Waals surface area contributed by atoms with Gasteiger partial charge in [-0.3, -0.25) is 4.79 Å². The highest BCUT2D eigenvalue weighted by atomic mass is 35.5. The Morgan fingerprint density at radius 1 is 1.26 bits per heavy atom. The van der Waals surface area contributed by atoms with Crippen LogP contribution in [-0.2, 0) is 4.79 Å². The summed E-state index contributed by atoms with van der Waals surface area (Å²) in [5.74, 6) is 0.637. The number of nitrogens with one attached hydrogen (secondary N) is 2. The average molecular weight is 355 g/mol. The number of halogens is 2. The largest absolute Gasteiger partial charge is 0.488 e. The van der Waals surface area contributed by atoms with Crippen molar-refractivity contribution in [2.45, 2.75) is 0 Å². The third kappa shape index (κ3) is 6.06. The molecule has 5 nitrogen and oxygen atoms in total. The van der Waals surface area contributed by atoms with Gasteiger partial charge in [0.15, 0.2) is 11.7 Å². The van der Waals surface area contributed by atoms with E-state index in [4.69, 9.17) is 27.9 Å². The van der Waals surface area contributed by atoms with Gasteiger partial charge in [-0.2, -0.15) is 0 Å². The van der Waals surface area contributed by atoms with Crippen LogP contribution in [0.3, 0.4) is 0 Å². The first-order chi connectivity index (χ1) is 11.0. The second kappa shape index (κ2) is 8.72. The molecule has 1 aromatic heterocycles. The summed E-state index contributed by atoms with van der Waals surface area (Å²) < 4.78 is 5.61. The quantitative estimate of drug-likeness (QED) is 0.747. The first-order valence-electron chi connectivity index (χ1n) is 7.14. The van der Waals surface area contributed by atoms with Gasteiger partial charge in [0.05, 0.1) is 12.7 Å². The van der Waals surface area contributed by atoms with Crippen LogP contribution < -0.4 is 15.0 Å². The van der Waals surface area contributed by atoms with Gasteiger partial charge < -0.3 is 15.0 Å². The SMILES string of the molecule is C[NH+](CCOc1ccc(Cl)cc1)CC(=O)Nc1cccnc1Cl. The summed E-state index contributed by atoms with van der Waals surface area (Å²) in [6.07, 6.45) is 1.57. The summed E-state index contributed by atoms with van der Waals surface area (Å²) in [7, 11) is 1.93. The predicted molar refractivity (Wildman–Crippen MR) is 91.4 cm³/mol. The van der Waals surface area contributed by atoms with Crippen molar-refractivity contribution in [2.24, 2.45) is 0 Å². The summed E-state index contributed by atoms with van der Waals surface area (Å²) in [5.41, 5.74) is 0.518. The molecule has 2 N–H and O–H groups in total. The van der Waals surface area contributed by atoms with E-state index in [-0.39, 0.29) is 11.1 Å². The highest BCUT2D eigenvalue weighted by molar-refractivity contribution is 6.32. The minimum absolute atomic E-state index is 0.121. The van der Waals surface area contributed by atoms with Crippen LogP contribution in [0.25, 0.3) is 0 Å². The molecule has 0 saturated carbocycles. The van der Waals surface area contributed by atoms with Crippen molar-refractivity contribution in [3.63, 3.8) is 0 Å². The molecule has 1 amide bonds. The number of hydrogen-bond donors (Lipinski definition) is 2. The molecular weight excluding hydrogens is 337 g/mol. The zero-order valence-corrected chi connectivity index (χ0v) is 14.2. The number of nitrogens with zero attached hydrogens (tertiary/aromatic N) is 1. The fourth-order valence-electron chi connectivity index (χ4n) is 1.91. The van der Waals surface area contributed by atoms with Crippen LogP contribution in [-0.4, -0.2) is 37.6 Å². The summed E-state index contributed by atoms with van der Waals surface area (Å²) in [4.78, 5) is 16.9. The summed E-state index contributed by atoms with van der Waals surface area (Å²) in [6, 6.07) is 10.6. The van der Waals surface area contributed by atoms with Crippen LogP contribution in [0.1, 0.15) is 0 Å². The molecule has 1 heterocycles. The third-order valence-corrected chi connectivity index (χ3v) is 3.66. The predicted octanol–water partition coefficient (Wildman–Crippen LogP) is 1.92. The number of likely N-dealkylation sites (N-methyl/N-ethyl adjacent to an activating group) is 1. The van der Waals surface area contributed by atoms with E-state index in [1.54, 1.807) is 30.5 Å². The molecule has 1 atom stereocenters. The number of ether oxygens (including phenoxy) is 1. The Morgan fingerprint density at radius 2 is 2.00 bits per heavy atom. The Bertz CT molecular complexity index is 650.